The molecule has 1 saturated heterocycles. The first-order chi connectivity index (χ1) is 10.1. The molecular formula is C15H20N4O2. The fourth-order valence-electron chi connectivity index (χ4n) is 2.59. The third kappa shape index (κ3) is 2.76. The van der Waals surface area contributed by atoms with Crippen molar-refractivity contribution in [3.63, 3.8) is 0 Å². The molecule has 0 bridgehead atoms. The van der Waals surface area contributed by atoms with Crippen LogP contribution in [0.25, 0.3) is 11.4 Å². The minimum absolute atomic E-state index is 0.115. The Morgan fingerprint density at radius 3 is 2.81 bits per heavy atom. The van der Waals surface area contributed by atoms with Crippen LogP contribution in [0.1, 0.15) is 39.0 Å². The van der Waals surface area contributed by atoms with Crippen LogP contribution >= 0.6 is 0 Å². The molecule has 1 atom stereocenters. The number of rotatable bonds is 3. The smallest absolute Gasteiger partial charge is 0.235 e. The van der Waals surface area contributed by atoms with Crippen molar-refractivity contribution in [3.05, 3.63) is 24.2 Å². The molecule has 0 spiro atoms. The van der Waals surface area contributed by atoms with E-state index in [2.05, 4.69) is 29.0 Å². The summed E-state index contributed by atoms with van der Waals surface area (Å²) in [6.45, 7) is 4.97. The van der Waals surface area contributed by atoms with E-state index in [4.69, 9.17) is 15.0 Å². The molecule has 0 saturated carbocycles. The van der Waals surface area contributed by atoms with Crippen molar-refractivity contribution in [1.29, 1.82) is 0 Å². The normalized spacial score (nSPS) is 19.6. The summed E-state index contributed by atoms with van der Waals surface area (Å²) >= 11 is 0. The number of pyridine rings is 1. The van der Waals surface area contributed by atoms with Gasteiger partial charge in [0.05, 0.1) is 11.5 Å². The molecular weight excluding hydrogens is 268 g/mol. The fraction of sp³-hybridized carbons (Fsp3) is 0.533. The molecule has 21 heavy (non-hydrogen) atoms. The molecule has 6 heteroatoms. The van der Waals surface area contributed by atoms with E-state index in [1.54, 1.807) is 12.3 Å². The molecule has 0 aromatic carbocycles. The lowest BCUT2D eigenvalue weighted by atomic mass is 9.82. The maximum absolute atomic E-state index is 5.87. The van der Waals surface area contributed by atoms with E-state index >= 15 is 0 Å². The van der Waals surface area contributed by atoms with E-state index < -0.39 is 0 Å². The van der Waals surface area contributed by atoms with Gasteiger partial charge in [-0.1, -0.05) is 5.16 Å². The summed E-state index contributed by atoms with van der Waals surface area (Å²) in [7, 11) is 0. The number of nitrogens with two attached hydrogens (primary N) is 1. The van der Waals surface area contributed by atoms with Crippen molar-refractivity contribution in [2.75, 3.05) is 12.3 Å². The minimum Gasteiger partial charge on any atom is -0.384 e. The molecule has 0 radical (unpaired) electrons. The van der Waals surface area contributed by atoms with Crippen molar-refractivity contribution in [3.8, 4) is 11.4 Å². The number of anilines is 1. The molecule has 0 aliphatic carbocycles. The fourth-order valence-corrected chi connectivity index (χ4v) is 2.59. The molecule has 3 rings (SSSR count). The quantitative estimate of drug-likeness (QED) is 0.934. The second-order valence-electron chi connectivity index (χ2n) is 5.97. The molecule has 1 unspecified atom stereocenters. The first kappa shape index (κ1) is 14.0. The monoisotopic (exact) mass is 288 g/mol. The second-order valence-corrected chi connectivity index (χ2v) is 5.97. The van der Waals surface area contributed by atoms with Crippen LogP contribution in [0.4, 0.5) is 5.82 Å². The Hall–Kier alpha value is -1.95. The van der Waals surface area contributed by atoms with E-state index in [9.17, 15) is 0 Å². The zero-order chi connectivity index (χ0) is 14.9. The van der Waals surface area contributed by atoms with Crippen LogP contribution in [0.5, 0.6) is 0 Å². The van der Waals surface area contributed by atoms with Gasteiger partial charge in [0.15, 0.2) is 0 Å². The van der Waals surface area contributed by atoms with Crippen LogP contribution in [0.3, 0.4) is 0 Å². The molecule has 1 aliphatic heterocycles. The third-order valence-electron chi connectivity index (χ3n) is 4.01. The molecule has 3 heterocycles. The maximum Gasteiger partial charge on any atom is 0.235 e. The van der Waals surface area contributed by atoms with Gasteiger partial charge in [-0.25, -0.2) is 4.98 Å². The average Bonchev–Trinajstić information content (AvgIpc) is 2.99. The summed E-state index contributed by atoms with van der Waals surface area (Å²) in [6, 6.07) is 3.56. The summed E-state index contributed by atoms with van der Waals surface area (Å²) in [5, 5.41) is 4.05. The van der Waals surface area contributed by atoms with Gasteiger partial charge in [0.1, 0.15) is 5.82 Å². The number of nitrogens with zero attached hydrogens (tertiary/aromatic N) is 3. The van der Waals surface area contributed by atoms with Crippen molar-refractivity contribution >= 4 is 5.82 Å². The molecule has 2 aromatic rings. The highest BCUT2D eigenvalue weighted by molar-refractivity contribution is 5.54. The van der Waals surface area contributed by atoms with E-state index in [1.165, 1.54) is 6.42 Å². The summed E-state index contributed by atoms with van der Waals surface area (Å²) in [4.78, 5) is 8.57. The Morgan fingerprint density at radius 2 is 2.14 bits per heavy atom. The lowest BCUT2D eigenvalue weighted by molar-refractivity contribution is -0.0340. The van der Waals surface area contributed by atoms with Crippen LogP contribution in [0, 0.1) is 0 Å². The van der Waals surface area contributed by atoms with Gasteiger partial charge in [-0.3, -0.25) is 0 Å². The van der Waals surface area contributed by atoms with E-state index in [0.29, 0.717) is 17.5 Å². The maximum atomic E-state index is 5.87. The van der Waals surface area contributed by atoms with Gasteiger partial charge in [0, 0.05) is 18.4 Å². The highest BCUT2D eigenvalue weighted by Crippen LogP contribution is 2.34. The van der Waals surface area contributed by atoms with E-state index in [-0.39, 0.29) is 11.5 Å². The van der Waals surface area contributed by atoms with Crippen molar-refractivity contribution in [2.24, 2.45) is 0 Å². The Bertz CT molecular complexity index is 600. The topological polar surface area (TPSA) is 87.1 Å². The van der Waals surface area contributed by atoms with E-state index in [1.807, 2.05) is 6.07 Å². The number of nitrogen functional groups attached to an aromatic ring is 1. The Kier molecular flexibility index (Phi) is 3.63. The van der Waals surface area contributed by atoms with Crippen molar-refractivity contribution in [1.82, 2.24) is 15.1 Å². The highest BCUT2D eigenvalue weighted by Gasteiger charge is 2.38. The van der Waals surface area contributed by atoms with Crippen LogP contribution in [0.15, 0.2) is 22.9 Å². The third-order valence-corrected chi connectivity index (χ3v) is 4.01. The molecule has 2 aromatic heterocycles. The average molecular weight is 288 g/mol. The van der Waals surface area contributed by atoms with Gasteiger partial charge in [0.25, 0.3) is 0 Å². The van der Waals surface area contributed by atoms with Crippen molar-refractivity contribution in [2.45, 2.75) is 44.6 Å². The number of hydrogen-bond acceptors (Lipinski definition) is 6. The number of hydrogen-bond donors (Lipinski definition) is 1. The second kappa shape index (κ2) is 5.44. The molecule has 1 aliphatic rings. The van der Waals surface area contributed by atoms with Crippen LogP contribution in [-0.2, 0) is 10.2 Å². The number of aromatic nitrogens is 3. The summed E-state index contributed by atoms with van der Waals surface area (Å²) in [5.41, 5.74) is 6.08. The standard InChI is InChI=1S/C15H20N4O2/c1-15(2,11-5-3-4-8-20-11)14-18-13(19-21-14)10-6-7-12(16)17-9-10/h6-7,9,11H,3-5,8H2,1-2H3,(H2,16,17). The molecule has 1 fully saturated rings. The van der Waals surface area contributed by atoms with Gasteiger partial charge < -0.3 is 15.0 Å². The summed E-state index contributed by atoms with van der Waals surface area (Å²) in [6.07, 6.45) is 5.09. The summed E-state index contributed by atoms with van der Waals surface area (Å²) < 4.78 is 11.3. The Labute approximate surface area is 123 Å². The van der Waals surface area contributed by atoms with Crippen LogP contribution in [-0.4, -0.2) is 27.8 Å². The Morgan fingerprint density at radius 1 is 1.29 bits per heavy atom. The summed E-state index contributed by atoms with van der Waals surface area (Å²) in [5.74, 6) is 1.60. The lowest BCUT2D eigenvalue weighted by Gasteiger charge is -2.33. The molecule has 6 nitrogen and oxygen atoms in total. The minimum atomic E-state index is -0.299. The van der Waals surface area contributed by atoms with Gasteiger partial charge in [0.2, 0.25) is 11.7 Å². The highest BCUT2D eigenvalue weighted by atomic mass is 16.5. The molecule has 0 amide bonds. The van der Waals surface area contributed by atoms with Crippen LogP contribution < -0.4 is 5.73 Å². The van der Waals surface area contributed by atoms with E-state index in [0.717, 1.165) is 25.0 Å². The van der Waals surface area contributed by atoms with Gasteiger partial charge >= 0.3 is 0 Å². The predicted octanol–water partition coefficient (Wildman–Crippen LogP) is 2.56. The predicted molar refractivity (Wildman–Crippen MR) is 78.6 cm³/mol. The SMILES string of the molecule is CC(C)(c1nc(-c2ccc(N)nc2)no1)C1CCCCO1. The molecule has 112 valence electrons. The zero-order valence-corrected chi connectivity index (χ0v) is 12.4. The van der Waals surface area contributed by atoms with Gasteiger partial charge in [-0.2, -0.15) is 4.98 Å². The van der Waals surface area contributed by atoms with Gasteiger partial charge in [-0.05, 0) is 45.2 Å². The van der Waals surface area contributed by atoms with Crippen LogP contribution in [0.2, 0.25) is 0 Å². The largest absolute Gasteiger partial charge is 0.384 e. The first-order valence-corrected chi connectivity index (χ1v) is 7.25. The van der Waals surface area contributed by atoms with Crippen molar-refractivity contribution < 1.29 is 9.26 Å². The number of ether oxygens (including phenoxy) is 1. The zero-order valence-electron chi connectivity index (χ0n) is 12.4. The first-order valence-electron chi connectivity index (χ1n) is 7.25. The Balaban J connectivity index is 1.84. The molecule has 2 N–H and O–H groups in total. The lowest BCUT2D eigenvalue weighted by Crippen LogP contribution is -2.38. The van der Waals surface area contributed by atoms with Gasteiger partial charge in [-0.15, -0.1) is 0 Å².